The molecule has 0 heterocycles. The second-order valence-corrected chi connectivity index (χ2v) is 3.78. The summed E-state index contributed by atoms with van der Waals surface area (Å²) in [5.41, 5.74) is 0. The summed E-state index contributed by atoms with van der Waals surface area (Å²) in [4.78, 5) is 26.2. The fourth-order valence-corrected chi connectivity index (χ4v) is 1.22. The molecule has 0 aliphatic rings. The minimum atomic E-state index is -0.921. The quantitative estimate of drug-likeness (QED) is 0.622. The van der Waals surface area contributed by atoms with Gasteiger partial charge < -0.3 is 19.3 Å². The first kappa shape index (κ1) is 14.9. The zero-order valence-corrected chi connectivity index (χ0v) is 10.7. The Morgan fingerprint density at radius 3 is 1.19 bits per heavy atom. The van der Waals surface area contributed by atoms with Gasteiger partial charge in [0.05, 0.1) is 0 Å². The fourth-order valence-electron chi connectivity index (χ4n) is 1.22. The molecule has 0 spiro atoms. The fraction of sp³-hybridized carbons (Fsp3) is 0.800. The van der Waals surface area contributed by atoms with Gasteiger partial charge in [-0.3, -0.25) is 9.59 Å². The molecule has 0 aromatic carbocycles. The zero-order chi connectivity index (χ0) is 12.9. The molecule has 0 bridgehead atoms. The summed E-state index contributed by atoms with van der Waals surface area (Å²) in [6, 6.07) is 0. The van der Waals surface area contributed by atoms with Gasteiger partial charge in [-0.25, -0.2) is 0 Å². The third kappa shape index (κ3) is 3.46. The highest BCUT2D eigenvalue weighted by Crippen LogP contribution is 2.08. The summed E-state index contributed by atoms with van der Waals surface area (Å²) in [7, 11) is 9.15. The van der Waals surface area contributed by atoms with E-state index >= 15 is 0 Å². The Balaban J connectivity index is 4.89. The van der Waals surface area contributed by atoms with Crippen molar-refractivity contribution in [3.05, 3.63) is 0 Å². The van der Waals surface area contributed by atoms with Crippen LogP contribution in [-0.2, 0) is 19.1 Å². The van der Waals surface area contributed by atoms with Crippen LogP contribution in [0.5, 0.6) is 0 Å². The molecule has 0 aliphatic carbocycles. The number of carbonyl (C=O) groups is 2. The SMILES string of the molecule is COC(C(=O)N(C)C)C(OC)C(=O)N(C)C. The molecule has 0 aromatic rings. The molecular weight excluding hydrogens is 212 g/mol. The van der Waals surface area contributed by atoms with E-state index < -0.39 is 12.2 Å². The molecule has 6 heteroatoms. The molecule has 0 radical (unpaired) electrons. The van der Waals surface area contributed by atoms with Gasteiger partial charge in [-0.1, -0.05) is 0 Å². The average molecular weight is 232 g/mol. The zero-order valence-electron chi connectivity index (χ0n) is 10.7. The van der Waals surface area contributed by atoms with E-state index in [9.17, 15) is 9.59 Å². The van der Waals surface area contributed by atoms with Gasteiger partial charge in [0.25, 0.3) is 11.8 Å². The number of hydrogen-bond donors (Lipinski definition) is 0. The van der Waals surface area contributed by atoms with Gasteiger partial charge in [0.15, 0.2) is 12.2 Å². The lowest BCUT2D eigenvalue weighted by molar-refractivity contribution is -0.160. The summed E-state index contributed by atoms with van der Waals surface area (Å²) in [6.07, 6.45) is -1.84. The second kappa shape index (κ2) is 6.44. The lowest BCUT2D eigenvalue weighted by Crippen LogP contribution is -2.50. The maximum Gasteiger partial charge on any atom is 0.254 e. The van der Waals surface area contributed by atoms with E-state index in [-0.39, 0.29) is 11.8 Å². The Morgan fingerprint density at radius 1 is 0.812 bits per heavy atom. The van der Waals surface area contributed by atoms with Crippen molar-refractivity contribution in [2.45, 2.75) is 12.2 Å². The first-order valence-electron chi connectivity index (χ1n) is 4.84. The lowest BCUT2D eigenvalue weighted by Gasteiger charge is -2.27. The normalized spacial score (nSPS) is 14.1. The highest BCUT2D eigenvalue weighted by Gasteiger charge is 2.35. The maximum atomic E-state index is 11.8. The third-order valence-corrected chi connectivity index (χ3v) is 2.15. The van der Waals surface area contributed by atoms with Crippen LogP contribution in [0.2, 0.25) is 0 Å². The average Bonchev–Trinajstić information content (AvgIpc) is 2.23. The molecule has 94 valence electrons. The van der Waals surface area contributed by atoms with Gasteiger partial charge in [-0.05, 0) is 0 Å². The number of rotatable bonds is 5. The number of nitrogens with zero attached hydrogens (tertiary/aromatic N) is 2. The van der Waals surface area contributed by atoms with E-state index in [0.717, 1.165) is 0 Å². The van der Waals surface area contributed by atoms with E-state index in [1.165, 1.54) is 24.0 Å². The van der Waals surface area contributed by atoms with Crippen molar-refractivity contribution in [1.82, 2.24) is 9.80 Å². The van der Waals surface area contributed by atoms with Gasteiger partial charge in [-0.15, -0.1) is 0 Å². The van der Waals surface area contributed by atoms with Crippen LogP contribution in [-0.4, -0.2) is 76.2 Å². The highest BCUT2D eigenvalue weighted by atomic mass is 16.5. The number of ether oxygens (including phenoxy) is 2. The molecule has 2 unspecified atom stereocenters. The standard InChI is InChI=1S/C10H20N2O4/c1-11(2)9(13)7(15-5)8(16-6)10(14)12(3)4/h7-8H,1-6H3. The minimum Gasteiger partial charge on any atom is -0.368 e. The second-order valence-electron chi connectivity index (χ2n) is 3.78. The molecule has 0 saturated heterocycles. The van der Waals surface area contributed by atoms with Crippen LogP contribution in [0, 0.1) is 0 Å². The molecular formula is C10H20N2O4. The van der Waals surface area contributed by atoms with Crippen molar-refractivity contribution in [3.8, 4) is 0 Å². The van der Waals surface area contributed by atoms with E-state index in [1.807, 2.05) is 0 Å². The number of methoxy groups -OCH3 is 2. The Morgan fingerprint density at radius 2 is 1.06 bits per heavy atom. The van der Waals surface area contributed by atoms with Gasteiger partial charge in [0.1, 0.15) is 0 Å². The van der Waals surface area contributed by atoms with Crippen LogP contribution >= 0.6 is 0 Å². The Kier molecular flexibility index (Phi) is 5.98. The smallest absolute Gasteiger partial charge is 0.254 e. The summed E-state index contributed by atoms with van der Waals surface area (Å²) < 4.78 is 10.1. The molecule has 2 amide bonds. The van der Waals surface area contributed by atoms with E-state index in [2.05, 4.69) is 0 Å². The van der Waals surface area contributed by atoms with Gasteiger partial charge in [0, 0.05) is 42.4 Å². The van der Waals surface area contributed by atoms with E-state index in [4.69, 9.17) is 9.47 Å². The molecule has 16 heavy (non-hydrogen) atoms. The van der Waals surface area contributed by atoms with Crippen LogP contribution in [0.15, 0.2) is 0 Å². The number of hydrogen-bond acceptors (Lipinski definition) is 4. The monoisotopic (exact) mass is 232 g/mol. The highest BCUT2D eigenvalue weighted by molar-refractivity contribution is 5.90. The minimum absolute atomic E-state index is 0.301. The predicted octanol–water partition coefficient (Wildman–Crippen LogP) is -0.807. The lowest BCUT2D eigenvalue weighted by atomic mass is 10.1. The first-order valence-corrected chi connectivity index (χ1v) is 4.84. The Labute approximate surface area is 96.1 Å². The van der Waals surface area contributed by atoms with E-state index in [0.29, 0.717) is 0 Å². The predicted molar refractivity (Wildman–Crippen MR) is 59.0 cm³/mol. The maximum absolute atomic E-state index is 11.8. The molecule has 2 atom stereocenters. The summed E-state index contributed by atoms with van der Waals surface area (Å²) in [5, 5.41) is 0. The Hall–Kier alpha value is -1.14. The van der Waals surface area contributed by atoms with Crippen molar-refractivity contribution in [3.63, 3.8) is 0 Å². The number of amides is 2. The van der Waals surface area contributed by atoms with Crippen molar-refractivity contribution < 1.29 is 19.1 Å². The van der Waals surface area contributed by atoms with Crippen LogP contribution < -0.4 is 0 Å². The summed E-state index contributed by atoms with van der Waals surface area (Å²) in [5.74, 6) is -0.603. The first-order chi connectivity index (χ1) is 7.36. The summed E-state index contributed by atoms with van der Waals surface area (Å²) >= 11 is 0. The van der Waals surface area contributed by atoms with Crippen molar-refractivity contribution in [2.75, 3.05) is 42.4 Å². The Bertz CT molecular complexity index is 227. The van der Waals surface area contributed by atoms with Crippen LogP contribution in [0.25, 0.3) is 0 Å². The van der Waals surface area contributed by atoms with Crippen LogP contribution in [0.3, 0.4) is 0 Å². The van der Waals surface area contributed by atoms with Gasteiger partial charge in [-0.2, -0.15) is 0 Å². The van der Waals surface area contributed by atoms with Gasteiger partial charge in [0.2, 0.25) is 0 Å². The molecule has 0 fully saturated rings. The molecule has 0 saturated carbocycles. The third-order valence-electron chi connectivity index (χ3n) is 2.15. The van der Waals surface area contributed by atoms with Crippen molar-refractivity contribution >= 4 is 11.8 Å². The molecule has 0 N–H and O–H groups in total. The number of likely N-dealkylation sites (N-methyl/N-ethyl adjacent to an activating group) is 2. The number of carbonyl (C=O) groups excluding carboxylic acids is 2. The van der Waals surface area contributed by atoms with Gasteiger partial charge >= 0.3 is 0 Å². The molecule has 6 nitrogen and oxygen atoms in total. The largest absolute Gasteiger partial charge is 0.368 e. The molecule has 0 aliphatic heterocycles. The van der Waals surface area contributed by atoms with E-state index in [1.54, 1.807) is 28.2 Å². The van der Waals surface area contributed by atoms with Crippen LogP contribution in [0.1, 0.15) is 0 Å². The summed E-state index contributed by atoms with van der Waals surface area (Å²) in [6.45, 7) is 0. The molecule has 0 aromatic heterocycles. The van der Waals surface area contributed by atoms with Crippen molar-refractivity contribution in [2.24, 2.45) is 0 Å². The topological polar surface area (TPSA) is 59.1 Å². The van der Waals surface area contributed by atoms with Crippen molar-refractivity contribution in [1.29, 1.82) is 0 Å². The van der Waals surface area contributed by atoms with Crippen LogP contribution in [0.4, 0.5) is 0 Å². The molecule has 0 rings (SSSR count).